The third-order valence-electron chi connectivity index (χ3n) is 11.7. The summed E-state index contributed by atoms with van der Waals surface area (Å²) in [5, 5.41) is 0. The van der Waals surface area contributed by atoms with Crippen LogP contribution in [0.1, 0.15) is 258 Å². The van der Waals surface area contributed by atoms with Crippen LogP contribution in [0.4, 0.5) is 0 Å². The Morgan fingerprint density at radius 3 is 1.05 bits per heavy atom. The molecule has 0 amide bonds. The number of hydrogen-bond donors (Lipinski definition) is 0. The lowest BCUT2D eigenvalue weighted by Crippen LogP contribution is -2.30. The second kappa shape index (κ2) is 54.2. The molecule has 0 N–H and O–H groups in total. The highest BCUT2D eigenvalue weighted by atomic mass is 16.6. The van der Waals surface area contributed by atoms with Crippen molar-refractivity contribution in [3.63, 3.8) is 0 Å². The number of rotatable bonds is 49. The van der Waals surface area contributed by atoms with E-state index in [2.05, 4.69) is 93.7 Å². The van der Waals surface area contributed by atoms with Gasteiger partial charge in [-0.3, -0.25) is 14.4 Å². The van der Waals surface area contributed by atoms with Gasteiger partial charge in [-0.1, -0.05) is 247 Å². The molecule has 0 rings (SSSR count). The molecule has 0 aliphatic carbocycles. The van der Waals surface area contributed by atoms with E-state index >= 15 is 0 Å². The van der Waals surface area contributed by atoms with Gasteiger partial charge in [-0.05, 0) is 77.0 Å². The monoisotopic (exact) mass is 919 g/mol. The summed E-state index contributed by atoms with van der Waals surface area (Å²) < 4.78 is 16.8. The fraction of sp³-hybridized carbons (Fsp3) is 0.717. The normalized spacial score (nSPS) is 12.7. The van der Waals surface area contributed by atoms with Crippen LogP contribution in [0.25, 0.3) is 0 Å². The Labute approximate surface area is 407 Å². The van der Waals surface area contributed by atoms with Gasteiger partial charge >= 0.3 is 17.9 Å². The Morgan fingerprint density at radius 1 is 0.333 bits per heavy atom. The van der Waals surface area contributed by atoms with Crippen LogP contribution < -0.4 is 0 Å². The lowest BCUT2D eigenvalue weighted by Gasteiger charge is -2.18. The summed E-state index contributed by atoms with van der Waals surface area (Å²) in [6.07, 6.45) is 70.1. The van der Waals surface area contributed by atoms with Crippen LogP contribution in [0, 0.1) is 0 Å². The van der Waals surface area contributed by atoms with Crippen LogP contribution in [0.15, 0.2) is 85.1 Å². The zero-order chi connectivity index (χ0) is 47.9. The van der Waals surface area contributed by atoms with Gasteiger partial charge in [0, 0.05) is 19.3 Å². The SMILES string of the molecule is CC/C=C\C/C=C\C/C=C\C/C=C\C/C=C\CCC(=O)OC(COC(=O)CCCCCCC/C=C\C=C/CCCCCCCCC)COC(=O)CCCCCCCCCCCCCCCC. The molecule has 378 valence electrons. The van der Waals surface area contributed by atoms with Gasteiger partial charge in [-0.2, -0.15) is 0 Å². The minimum absolute atomic E-state index is 0.110. The molecule has 0 aromatic heterocycles. The molecule has 0 bridgehead atoms. The van der Waals surface area contributed by atoms with Crippen molar-refractivity contribution in [2.24, 2.45) is 0 Å². The van der Waals surface area contributed by atoms with Crippen LogP contribution in [-0.4, -0.2) is 37.2 Å². The van der Waals surface area contributed by atoms with Crippen molar-refractivity contribution in [2.75, 3.05) is 13.2 Å². The second-order valence-electron chi connectivity index (χ2n) is 18.1. The molecular formula is C60H102O6. The fourth-order valence-corrected chi connectivity index (χ4v) is 7.54. The number of ether oxygens (including phenoxy) is 3. The topological polar surface area (TPSA) is 78.9 Å². The summed E-state index contributed by atoms with van der Waals surface area (Å²) in [5.41, 5.74) is 0. The van der Waals surface area contributed by atoms with E-state index in [1.165, 1.54) is 122 Å². The largest absolute Gasteiger partial charge is 0.462 e. The standard InChI is InChI=1S/C60H102O6/c1-4-7-10-13-16-19-22-25-28-30-31-33-35-38-41-44-47-50-53-59(62)65-56-57(55-64-58(61)52-49-46-43-40-37-34-27-24-21-18-15-12-9-6-3)66-60(63)54-51-48-45-42-39-36-32-29-26-23-20-17-14-11-8-5-2/h8,11,17,20,26,28-31,33,36,39,45,48,57H,4-7,9-10,12-16,18-19,21-25,27,32,34-35,37-38,40-44,46-47,49-56H2,1-3H3/b11-8-,20-17-,29-26-,30-28-,33-31-,39-36-,48-45-. The van der Waals surface area contributed by atoms with Crippen molar-refractivity contribution in [1.29, 1.82) is 0 Å². The molecule has 0 aromatic carbocycles. The molecule has 1 unspecified atom stereocenters. The van der Waals surface area contributed by atoms with E-state index in [4.69, 9.17) is 14.2 Å². The van der Waals surface area contributed by atoms with Gasteiger partial charge in [0.15, 0.2) is 6.10 Å². The second-order valence-corrected chi connectivity index (χ2v) is 18.1. The number of carbonyl (C=O) groups excluding carboxylic acids is 3. The Bertz CT molecular complexity index is 1290. The molecule has 0 aromatic rings. The lowest BCUT2D eigenvalue weighted by atomic mass is 10.0. The third-order valence-corrected chi connectivity index (χ3v) is 11.7. The molecule has 0 spiro atoms. The molecule has 6 nitrogen and oxygen atoms in total. The minimum Gasteiger partial charge on any atom is -0.462 e. The summed E-state index contributed by atoms with van der Waals surface area (Å²) >= 11 is 0. The fourth-order valence-electron chi connectivity index (χ4n) is 7.54. The van der Waals surface area contributed by atoms with E-state index in [9.17, 15) is 14.4 Å². The molecule has 66 heavy (non-hydrogen) atoms. The van der Waals surface area contributed by atoms with Crippen molar-refractivity contribution in [3.8, 4) is 0 Å². The first-order valence-electron chi connectivity index (χ1n) is 27.6. The summed E-state index contributed by atoms with van der Waals surface area (Å²) in [7, 11) is 0. The molecule has 1 atom stereocenters. The van der Waals surface area contributed by atoms with E-state index in [-0.39, 0.29) is 31.6 Å². The van der Waals surface area contributed by atoms with Gasteiger partial charge in [0.25, 0.3) is 0 Å². The maximum absolute atomic E-state index is 12.8. The van der Waals surface area contributed by atoms with Gasteiger partial charge < -0.3 is 14.2 Å². The zero-order valence-electron chi connectivity index (χ0n) is 43.2. The van der Waals surface area contributed by atoms with Crippen LogP contribution in [0.5, 0.6) is 0 Å². The minimum atomic E-state index is -0.821. The molecular weight excluding hydrogens is 817 g/mol. The summed E-state index contributed by atoms with van der Waals surface area (Å²) in [5.74, 6) is -1.00. The van der Waals surface area contributed by atoms with Crippen LogP contribution in [0.3, 0.4) is 0 Å². The van der Waals surface area contributed by atoms with Crippen LogP contribution >= 0.6 is 0 Å². The van der Waals surface area contributed by atoms with Gasteiger partial charge in [0.1, 0.15) is 13.2 Å². The first-order chi connectivity index (χ1) is 32.5. The molecule has 0 radical (unpaired) electrons. The molecule has 0 fully saturated rings. The van der Waals surface area contributed by atoms with Crippen molar-refractivity contribution >= 4 is 17.9 Å². The first-order valence-corrected chi connectivity index (χ1v) is 27.6. The van der Waals surface area contributed by atoms with E-state index < -0.39 is 12.1 Å². The van der Waals surface area contributed by atoms with Gasteiger partial charge in [-0.15, -0.1) is 0 Å². The Morgan fingerprint density at radius 2 is 0.667 bits per heavy atom. The predicted molar refractivity (Wildman–Crippen MR) is 284 cm³/mol. The zero-order valence-corrected chi connectivity index (χ0v) is 43.2. The predicted octanol–water partition coefficient (Wildman–Crippen LogP) is 18.4. The number of hydrogen-bond acceptors (Lipinski definition) is 6. The first kappa shape index (κ1) is 62.6. The quantitative estimate of drug-likeness (QED) is 0.0199. The van der Waals surface area contributed by atoms with Gasteiger partial charge in [0.05, 0.1) is 0 Å². The highest BCUT2D eigenvalue weighted by Gasteiger charge is 2.19. The number of unbranched alkanes of at least 4 members (excludes halogenated alkanes) is 25. The Hall–Kier alpha value is -3.41. The van der Waals surface area contributed by atoms with Crippen molar-refractivity contribution < 1.29 is 28.6 Å². The highest BCUT2D eigenvalue weighted by Crippen LogP contribution is 2.15. The van der Waals surface area contributed by atoms with Crippen molar-refractivity contribution in [3.05, 3.63) is 85.1 Å². The number of allylic oxidation sites excluding steroid dienone is 14. The van der Waals surface area contributed by atoms with Crippen LogP contribution in [0.2, 0.25) is 0 Å². The molecule has 0 heterocycles. The van der Waals surface area contributed by atoms with E-state index in [1.807, 2.05) is 12.2 Å². The summed E-state index contributed by atoms with van der Waals surface area (Å²) in [6, 6.07) is 0. The third kappa shape index (κ3) is 51.6. The van der Waals surface area contributed by atoms with Gasteiger partial charge in [0.2, 0.25) is 0 Å². The molecule has 0 aliphatic heterocycles. The highest BCUT2D eigenvalue weighted by molar-refractivity contribution is 5.71. The van der Waals surface area contributed by atoms with Crippen molar-refractivity contribution in [2.45, 2.75) is 264 Å². The van der Waals surface area contributed by atoms with E-state index in [0.29, 0.717) is 19.3 Å². The molecule has 0 aliphatic rings. The maximum atomic E-state index is 12.8. The lowest BCUT2D eigenvalue weighted by molar-refractivity contribution is -0.166. The summed E-state index contributed by atoms with van der Waals surface area (Å²) in [6.45, 7) is 6.45. The van der Waals surface area contributed by atoms with E-state index in [1.54, 1.807) is 0 Å². The van der Waals surface area contributed by atoms with Crippen LogP contribution in [-0.2, 0) is 28.6 Å². The van der Waals surface area contributed by atoms with Crippen molar-refractivity contribution in [1.82, 2.24) is 0 Å². The average molecular weight is 919 g/mol. The Balaban J connectivity index is 4.50. The Kier molecular flexibility index (Phi) is 51.4. The number of carbonyl (C=O) groups is 3. The molecule has 0 saturated carbocycles. The molecule has 0 saturated heterocycles. The smallest absolute Gasteiger partial charge is 0.306 e. The average Bonchev–Trinajstić information content (AvgIpc) is 3.31. The van der Waals surface area contributed by atoms with E-state index in [0.717, 1.165) is 89.9 Å². The number of esters is 3. The maximum Gasteiger partial charge on any atom is 0.306 e. The summed E-state index contributed by atoms with van der Waals surface area (Å²) in [4.78, 5) is 38.0. The molecule has 6 heteroatoms. The van der Waals surface area contributed by atoms with Gasteiger partial charge in [-0.25, -0.2) is 0 Å².